The third kappa shape index (κ3) is 3.12. The summed E-state index contributed by atoms with van der Waals surface area (Å²) in [6.45, 7) is 3.63. The highest BCUT2D eigenvalue weighted by Gasteiger charge is 2.13. The van der Waals surface area contributed by atoms with Gasteiger partial charge in [0.05, 0.1) is 5.56 Å². The molecule has 0 bridgehead atoms. The Morgan fingerprint density at radius 3 is 2.58 bits per heavy atom. The molecular formula is C15H13FINO. The molecule has 4 heteroatoms. The molecule has 0 aliphatic heterocycles. The number of carbonyl (C=O) groups excluding carboxylic acids is 1. The Balaban J connectivity index is 2.26. The predicted molar refractivity (Wildman–Crippen MR) is 83.0 cm³/mol. The summed E-state index contributed by atoms with van der Waals surface area (Å²) in [7, 11) is 0. The van der Waals surface area contributed by atoms with Gasteiger partial charge < -0.3 is 5.32 Å². The molecular weight excluding hydrogens is 356 g/mol. The number of halogens is 2. The molecule has 1 N–H and O–H groups in total. The number of amides is 1. The van der Waals surface area contributed by atoms with Crippen molar-refractivity contribution in [3.8, 4) is 0 Å². The van der Waals surface area contributed by atoms with E-state index in [0.29, 0.717) is 11.3 Å². The van der Waals surface area contributed by atoms with E-state index < -0.39 is 11.7 Å². The van der Waals surface area contributed by atoms with Gasteiger partial charge in [-0.1, -0.05) is 18.2 Å². The largest absolute Gasteiger partial charge is 0.322 e. The van der Waals surface area contributed by atoms with Crippen molar-refractivity contribution in [1.29, 1.82) is 0 Å². The standard InChI is InChI=1S/C15H13FINO/c1-9-6-7-11(8-13(9)17)18-15(19)12-5-3-4-10(2)14(12)16/h3-8H,1-2H3,(H,18,19). The Morgan fingerprint density at radius 2 is 1.89 bits per heavy atom. The van der Waals surface area contributed by atoms with E-state index >= 15 is 0 Å². The fraction of sp³-hybridized carbons (Fsp3) is 0.133. The van der Waals surface area contributed by atoms with Crippen LogP contribution in [0.25, 0.3) is 0 Å². The van der Waals surface area contributed by atoms with Crippen LogP contribution >= 0.6 is 22.6 Å². The second kappa shape index (κ2) is 5.69. The van der Waals surface area contributed by atoms with Crippen molar-refractivity contribution >= 4 is 34.2 Å². The van der Waals surface area contributed by atoms with Gasteiger partial charge in [0.15, 0.2) is 0 Å². The first-order valence-electron chi connectivity index (χ1n) is 5.81. The molecule has 2 aromatic rings. The van der Waals surface area contributed by atoms with Gasteiger partial charge in [0.2, 0.25) is 0 Å². The van der Waals surface area contributed by atoms with E-state index in [9.17, 15) is 9.18 Å². The van der Waals surface area contributed by atoms with Gasteiger partial charge in [-0.05, 0) is 65.8 Å². The fourth-order valence-electron chi connectivity index (χ4n) is 1.69. The number of aryl methyl sites for hydroxylation is 2. The number of anilines is 1. The van der Waals surface area contributed by atoms with Crippen molar-refractivity contribution in [2.24, 2.45) is 0 Å². The zero-order valence-corrected chi connectivity index (χ0v) is 12.8. The van der Waals surface area contributed by atoms with Crippen LogP contribution in [0.15, 0.2) is 36.4 Å². The van der Waals surface area contributed by atoms with Crippen LogP contribution in [0, 0.1) is 23.2 Å². The first-order chi connectivity index (χ1) is 8.99. The molecule has 0 aliphatic rings. The summed E-state index contributed by atoms with van der Waals surface area (Å²) >= 11 is 2.20. The first-order valence-corrected chi connectivity index (χ1v) is 6.89. The molecule has 2 rings (SSSR count). The van der Waals surface area contributed by atoms with Crippen molar-refractivity contribution in [2.45, 2.75) is 13.8 Å². The smallest absolute Gasteiger partial charge is 0.258 e. The number of rotatable bonds is 2. The molecule has 0 saturated heterocycles. The summed E-state index contributed by atoms with van der Waals surface area (Å²) in [6, 6.07) is 10.4. The third-order valence-electron chi connectivity index (χ3n) is 2.87. The van der Waals surface area contributed by atoms with E-state index in [1.165, 1.54) is 6.07 Å². The van der Waals surface area contributed by atoms with Gasteiger partial charge in [-0.3, -0.25) is 4.79 Å². The Hall–Kier alpha value is -1.43. The average Bonchev–Trinajstić information content (AvgIpc) is 2.37. The SMILES string of the molecule is Cc1ccc(NC(=O)c2cccc(C)c2F)cc1I. The minimum Gasteiger partial charge on any atom is -0.322 e. The lowest BCUT2D eigenvalue weighted by atomic mass is 10.1. The van der Waals surface area contributed by atoms with Gasteiger partial charge in [0, 0.05) is 9.26 Å². The first kappa shape index (κ1) is 14.0. The molecule has 0 unspecified atom stereocenters. The normalized spacial score (nSPS) is 10.3. The maximum absolute atomic E-state index is 13.8. The van der Waals surface area contributed by atoms with Crippen LogP contribution in [0.1, 0.15) is 21.5 Å². The summed E-state index contributed by atoms with van der Waals surface area (Å²) in [6.07, 6.45) is 0. The van der Waals surface area contributed by atoms with E-state index in [1.807, 2.05) is 25.1 Å². The van der Waals surface area contributed by atoms with Crippen LogP contribution in [0.2, 0.25) is 0 Å². The Labute approximate surface area is 125 Å². The number of benzene rings is 2. The second-order valence-electron chi connectivity index (χ2n) is 4.35. The fourth-order valence-corrected chi connectivity index (χ4v) is 2.21. The molecule has 0 fully saturated rings. The van der Waals surface area contributed by atoms with E-state index in [2.05, 4.69) is 27.9 Å². The lowest BCUT2D eigenvalue weighted by Gasteiger charge is -2.08. The molecule has 0 spiro atoms. The van der Waals surface area contributed by atoms with Crippen molar-refractivity contribution in [3.63, 3.8) is 0 Å². The van der Waals surface area contributed by atoms with Crippen LogP contribution in [-0.4, -0.2) is 5.91 Å². The zero-order valence-electron chi connectivity index (χ0n) is 10.6. The van der Waals surface area contributed by atoms with Gasteiger partial charge >= 0.3 is 0 Å². The minimum absolute atomic E-state index is 0.0654. The lowest BCUT2D eigenvalue weighted by Crippen LogP contribution is -2.14. The Morgan fingerprint density at radius 1 is 1.16 bits per heavy atom. The van der Waals surface area contributed by atoms with E-state index in [0.717, 1.165) is 9.13 Å². The highest BCUT2D eigenvalue weighted by molar-refractivity contribution is 14.1. The van der Waals surface area contributed by atoms with Crippen LogP contribution in [0.4, 0.5) is 10.1 Å². The van der Waals surface area contributed by atoms with Crippen molar-refractivity contribution in [2.75, 3.05) is 5.32 Å². The molecule has 2 aromatic carbocycles. The number of hydrogen-bond acceptors (Lipinski definition) is 1. The maximum Gasteiger partial charge on any atom is 0.258 e. The predicted octanol–water partition coefficient (Wildman–Crippen LogP) is 4.30. The lowest BCUT2D eigenvalue weighted by molar-refractivity contribution is 0.102. The van der Waals surface area contributed by atoms with Crippen LogP contribution in [-0.2, 0) is 0 Å². The molecule has 19 heavy (non-hydrogen) atoms. The highest BCUT2D eigenvalue weighted by Crippen LogP contribution is 2.19. The van der Waals surface area contributed by atoms with Gasteiger partial charge in [-0.2, -0.15) is 0 Å². The van der Waals surface area contributed by atoms with Crippen molar-refractivity contribution < 1.29 is 9.18 Å². The summed E-state index contributed by atoms with van der Waals surface area (Å²) in [5.74, 6) is -0.900. The Bertz CT molecular complexity index is 640. The third-order valence-corrected chi connectivity index (χ3v) is 4.03. The maximum atomic E-state index is 13.8. The molecule has 0 heterocycles. The molecule has 0 atom stereocenters. The molecule has 0 radical (unpaired) electrons. The Kier molecular flexibility index (Phi) is 4.19. The van der Waals surface area contributed by atoms with E-state index in [1.54, 1.807) is 19.1 Å². The second-order valence-corrected chi connectivity index (χ2v) is 5.52. The van der Waals surface area contributed by atoms with Crippen LogP contribution < -0.4 is 5.32 Å². The van der Waals surface area contributed by atoms with Gasteiger partial charge in [-0.25, -0.2) is 4.39 Å². The molecule has 0 aromatic heterocycles. The summed E-state index contributed by atoms with van der Waals surface area (Å²) < 4.78 is 14.9. The summed E-state index contributed by atoms with van der Waals surface area (Å²) in [4.78, 5) is 12.0. The molecule has 0 aliphatic carbocycles. The number of nitrogens with one attached hydrogen (secondary N) is 1. The molecule has 0 saturated carbocycles. The van der Waals surface area contributed by atoms with E-state index in [4.69, 9.17) is 0 Å². The molecule has 1 amide bonds. The van der Waals surface area contributed by atoms with Gasteiger partial charge in [0.1, 0.15) is 5.82 Å². The summed E-state index contributed by atoms with van der Waals surface area (Å²) in [5, 5.41) is 2.71. The van der Waals surface area contributed by atoms with Crippen molar-refractivity contribution in [3.05, 3.63) is 62.5 Å². The van der Waals surface area contributed by atoms with Crippen LogP contribution in [0.5, 0.6) is 0 Å². The summed E-state index contributed by atoms with van der Waals surface area (Å²) in [5.41, 5.74) is 2.34. The molecule has 98 valence electrons. The zero-order chi connectivity index (χ0) is 14.0. The van der Waals surface area contributed by atoms with E-state index in [-0.39, 0.29) is 5.56 Å². The topological polar surface area (TPSA) is 29.1 Å². The minimum atomic E-state index is -0.471. The molecule has 2 nitrogen and oxygen atoms in total. The number of carbonyl (C=O) groups is 1. The van der Waals surface area contributed by atoms with Crippen LogP contribution in [0.3, 0.4) is 0 Å². The monoisotopic (exact) mass is 369 g/mol. The van der Waals surface area contributed by atoms with Gasteiger partial charge in [0.25, 0.3) is 5.91 Å². The quantitative estimate of drug-likeness (QED) is 0.786. The number of hydrogen-bond donors (Lipinski definition) is 1. The van der Waals surface area contributed by atoms with Gasteiger partial charge in [-0.15, -0.1) is 0 Å². The average molecular weight is 369 g/mol. The van der Waals surface area contributed by atoms with Crippen molar-refractivity contribution in [1.82, 2.24) is 0 Å². The highest BCUT2D eigenvalue weighted by atomic mass is 127.